The van der Waals surface area contributed by atoms with Gasteiger partial charge in [0.1, 0.15) is 5.75 Å². The molecule has 0 aliphatic carbocycles. The quantitative estimate of drug-likeness (QED) is 0.847. The van der Waals surface area contributed by atoms with Gasteiger partial charge in [0.25, 0.3) is 0 Å². The highest BCUT2D eigenvalue weighted by Crippen LogP contribution is 2.23. The number of rotatable bonds is 4. The van der Waals surface area contributed by atoms with Crippen LogP contribution in [0.1, 0.15) is 0 Å². The molecule has 1 aromatic heterocycles. The molecule has 2 aromatic rings. The lowest BCUT2D eigenvalue weighted by atomic mass is 10.1. The topological polar surface area (TPSA) is 47.3 Å². The number of hydrogen-bond donors (Lipinski definition) is 1. The van der Waals surface area contributed by atoms with Crippen LogP contribution in [0.25, 0.3) is 11.3 Å². The van der Waals surface area contributed by atoms with Gasteiger partial charge in [0.05, 0.1) is 26.0 Å². The summed E-state index contributed by atoms with van der Waals surface area (Å²) in [6.45, 7) is 0.582. The number of nitrogens with zero attached hydrogens (tertiary/aromatic N) is 2. The van der Waals surface area contributed by atoms with E-state index in [1.807, 2.05) is 30.3 Å². The highest BCUT2D eigenvalue weighted by molar-refractivity contribution is 5.61. The fraction of sp³-hybridized carbons (Fsp3) is 0.250. The summed E-state index contributed by atoms with van der Waals surface area (Å²) in [6.07, 6.45) is 1.73. The van der Waals surface area contributed by atoms with Crippen LogP contribution in [-0.4, -0.2) is 28.6 Å². The first-order valence-corrected chi connectivity index (χ1v) is 5.12. The zero-order valence-electron chi connectivity index (χ0n) is 9.13. The standard InChI is InChI=1S/C12H14N2O2/c1-16-11-4-2-3-10(9-11)12-5-6-13-14(12)7-8-15/h2-6,9,15H,7-8H2,1H3. The van der Waals surface area contributed by atoms with E-state index < -0.39 is 0 Å². The highest BCUT2D eigenvalue weighted by Gasteiger charge is 2.05. The van der Waals surface area contributed by atoms with E-state index in [0.29, 0.717) is 6.54 Å². The number of methoxy groups -OCH3 is 1. The van der Waals surface area contributed by atoms with Crippen molar-refractivity contribution >= 4 is 0 Å². The van der Waals surface area contributed by atoms with Gasteiger partial charge in [-0.3, -0.25) is 4.68 Å². The molecule has 4 nitrogen and oxygen atoms in total. The zero-order chi connectivity index (χ0) is 11.4. The molecule has 0 amide bonds. The smallest absolute Gasteiger partial charge is 0.119 e. The van der Waals surface area contributed by atoms with Gasteiger partial charge >= 0.3 is 0 Å². The maximum Gasteiger partial charge on any atom is 0.119 e. The fourth-order valence-corrected chi connectivity index (χ4v) is 1.63. The predicted molar refractivity (Wildman–Crippen MR) is 61.3 cm³/mol. The summed E-state index contributed by atoms with van der Waals surface area (Å²) in [4.78, 5) is 0. The monoisotopic (exact) mass is 218 g/mol. The molecule has 0 spiro atoms. The van der Waals surface area contributed by atoms with Crippen molar-refractivity contribution in [3.63, 3.8) is 0 Å². The number of aliphatic hydroxyl groups is 1. The van der Waals surface area contributed by atoms with Crippen LogP contribution in [0.5, 0.6) is 5.75 Å². The summed E-state index contributed by atoms with van der Waals surface area (Å²) < 4.78 is 6.95. The van der Waals surface area contributed by atoms with E-state index >= 15 is 0 Å². The minimum absolute atomic E-state index is 0.0820. The third kappa shape index (κ3) is 2.06. The molecule has 84 valence electrons. The van der Waals surface area contributed by atoms with Gasteiger partial charge in [-0.25, -0.2) is 0 Å². The van der Waals surface area contributed by atoms with Gasteiger partial charge in [0.15, 0.2) is 0 Å². The van der Waals surface area contributed by atoms with E-state index in [2.05, 4.69) is 5.10 Å². The van der Waals surface area contributed by atoms with E-state index in [-0.39, 0.29) is 6.61 Å². The Labute approximate surface area is 94.1 Å². The minimum atomic E-state index is 0.0820. The second-order valence-electron chi connectivity index (χ2n) is 3.40. The number of aromatic nitrogens is 2. The SMILES string of the molecule is COc1cccc(-c2ccnn2CCO)c1. The fourth-order valence-electron chi connectivity index (χ4n) is 1.63. The summed E-state index contributed by atoms with van der Waals surface area (Å²) in [5, 5.41) is 13.1. The Morgan fingerprint density at radius 3 is 3.00 bits per heavy atom. The molecule has 0 aliphatic rings. The Morgan fingerprint density at radius 1 is 1.38 bits per heavy atom. The third-order valence-corrected chi connectivity index (χ3v) is 2.39. The molecule has 4 heteroatoms. The Morgan fingerprint density at radius 2 is 2.25 bits per heavy atom. The Bertz CT molecular complexity index is 466. The van der Waals surface area contributed by atoms with Gasteiger partial charge in [-0.05, 0) is 18.2 Å². The van der Waals surface area contributed by atoms with E-state index in [9.17, 15) is 0 Å². The molecule has 0 saturated carbocycles. The highest BCUT2D eigenvalue weighted by atomic mass is 16.5. The van der Waals surface area contributed by atoms with Gasteiger partial charge in [-0.15, -0.1) is 0 Å². The van der Waals surface area contributed by atoms with Crippen LogP contribution < -0.4 is 4.74 Å². The van der Waals surface area contributed by atoms with Crippen molar-refractivity contribution in [2.45, 2.75) is 6.54 Å². The molecule has 0 fully saturated rings. The number of hydrogen-bond acceptors (Lipinski definition) is 3. The lowest BCUT2D eigenvalue weighted by Gasteiger charge is -2.07. The molecule has 0 aliphatic heterocycles. The van der Waals surface area contributed by atoms with Crippen LogP contribution in [0.2, 0.25) is 0 Å². The van der Waals surface area contributed by atoms with Crippen molar-refractivity contribution in [3.8, 4) is 17.0 Å². The molecule has 0 radical (unpaired) electrons. The third-order valence-electron chi connectivity index (χ3n) is 2.39. The molecular formula is C12H14N2O2. The number of ether oxygens (including phenoxy) is 1. The van der Waals surface area contributed by atoms with Crippen LogP contribution in [-0.2, 0) is 6.54 Å². The normalized spacial score (nSPS) is 10.4. The van der Waals surface area contributed by atoms with Gasteiger partial charge in [-0.1, -0.05) is 12.1 Å². The number of aliphatic hydroxyl groups excluding tert-OH is 1. The van der Waals surface area contributed by atoms with Crippen molar-refractivity contribution in [1.29, 1.82) is 0 Å². The first kappa shape index (κ1) is 10.7. The zero-order valence-corrected chi connectivity index (χ0v) is 9.13. The Balaban J connectivity index is 2.37. The lowest BCUT2D eigenvalue weighted by molar-refractivity contribution is 0.270. The predicted octanol–water partition coefficient (Wildman–Crippen LogP) is 1.55. The first-order chi connectivity index (χ1) is 7.85. The molecule has 0 unspecified atom stereocenters. The summed E-state index contributed by atoms with van der Waals surface area (Å²) in [7, 11) is 1.64. The molecular weight excluding hydrogens is 204 g/mol. The Hall–Kier alpha value is -1.81. The van der Waals surface area contributed by atoms with Crippen molar-refractivity contribution in [1.82, 2.24) is 9.78 Å². The molecule has 0 atom stereocenters. The molecule has 1 N–H and O–H groups in total. The number of benzene rings is 1. The van der Waals surface area contributed by atoms with Gasteiger partial charge in [-0.2, -0.15) is 5.10 Å². The molecule has 1 heterocycles. The van der Waals surface area contributed by atoms with Crippen LogP contribution >= 0.6 is 0 Å². The van der Waals surface area contributed by atoms with Crippen LogP contribution in [0, 0.1) is 0 Å². The molecule has 0 bridgehead atoms. The van der Waals surface area contributed by atoms with Crippen molar-refractivity contribution in [3.05, 3.63) is 36.5 Å². The Kier molecular flexibility index (Phi) is 3.22. The second kappa shape index (κ2) is 4.81. The van der Waals surface area contributed by atoms with Crippen LogP contribution in [0.3, 0.4) is 0 Å². The van der Waals surface area contributed by atoms with E-state index in [0.717, 1.165) is 17.0 Å². The first-order valence-electron chi connectivity index (χ1n) is 5.12. The average Bonchev–Trinajstić information content (AvgIpc) is 2.78. The molecule has 16 heavy (non-hydrogen) atoms. The molecule has 1 aromatic carbocycles. The largest absolute Gasteiger partial charge is 0.497 e. The molecule has 0 saturated heterocycles. The maximum absolute atomic E-state index is 8.92. The van der Waals surface area contributed by atoms with Crippen molar-refractivity contribution < 1.29 is 9.84 Å². The van der Waals surface area contributed by atoms with Crippen LogP contribution in [0.15, 0.2) is 36.5 Å². The van der Waals surface area contributed by atoms with Gasteiger partial charge < -0.3 is 9.84 Å². The summed E-state index contributed by atoms with van der Waals surface area (Å²) in [6, 6.07) is 9.70. The minimum Gasteiger partial charge on any atom is -0.497 e. The van der Waals surface area contributed by atoms with Crippen LogP contribution in [0.4, 0.5) is 0 Å². The summed E-state index contributed by atoms with van der Waals surface area (Å²) in [5.41, 5.74) is 2.01. The van der Waals surface area contributed by atoms with Crippen molar-refractivity contribution in [2.24, 2.45) is 0 Å². The summed E-state index contributed by atoms with van der Waals surface area (Å²) in [5.74, 6) is 0.814. The van der Waals surface area contributed by atoms with Crippen molar-refractivity contribution in [2.75, 3.05) is 13.7 Å². The second-order valence-corrected chi connectivity index (χ2v) is 3.40. The summed E-state index contributed by atoms with van der Waals surface area (Å²) >= 11 is 0. The molecule has 2 rings (SSSR count). The van der Waals surface area contributed by atoms with E-state index in [1.165, 1.54) is 0 Å². The van der Waals surface area contributed by atoms with Gasteiger partial charge in [0, 0.05) is 11.8 Å². The van der Waals surface area contributed by atoms with E-state index in [1.54, 1.807) is 18.0 Å². The van der Waals surface area contributed by atoms with Gasteiger partial charge in [0.2, 0.25) is 0 Å². The average molecular weight is 218 g/mol. The maximum atomic E-state index is 8.92. The van der Waals surface area contributed by atoms with E-state index in [4.69, 9.17) is 9.84 Å². The lowest BCUT2D eigenvalue weighted by Crippen LogP contribution is -2.05.